The van der Waals surface area contributed by atoms with Crippen molar-refractivity contribution in [1.82, 2.24) is 0 Å². The lowest BCUT2D eigenvalue weighted by molar-refractivity contribution is -0.0132. The lowest BCUT2D eigenvalue weighted by Gasteiger charge is -2.31. The molecule has 0 radical (unpaired) electrons. The summed E-state index contributed by atoms with van der Waals surface area (Å²) in [4.78, 5) is 0. The fraction of sp³-hybridized carbons (Fsp3) is 0.333. The van der Waals surface area contributed by atoms with E-state index < -0.39 is 0 Å². The first kappa shape index (κ1) is 14.7. The first-order valence-electron chi connectivity index (χ1n) is 8.43. The molecule has 0 unspecified atom stereocenters. The van der Waals surface area contributed by atoms with Crippen molar-refractivity contribution in [1.29, 1.82) is 0 Å². The van der Waals surface area contributed by atoms with Crippen LogP contribution in [0.4, 0.5) is 0 Å². The quantitative estimate of drug-likeness (QED) is 0.783. The third kappa shape index (κ3) is 3.10. The molecule has 0 amide bonds. The van der Waals surface area contributed by atoms with E-state index in [1.54, 1.807) is 0 Å². The molecule has 2 aromatic rings. The maximum Gasteiger partial charge on any atom is 0.0920 e. The minimum absolute atomic E-state index is 0.128. The van der Waals surface area contributed by atoms with Gasteiger partial charge in [0.1, 0.15) is 0 Å². The molecule has 2 heteroatoms. The van der Waals surface area contributed by atoms with Crippen LogP contribution in [-0.4, -0.2) is 19.3 Å². The second-order valence-corrected chi connectivity index (χ2v) is 6.34. The predicted octanol–water partition coefficient (Wildman–Crippen LogP) is 4.33. The highest BCUT2D eigenvalue weighted by Gasteiger charge is 2.41. The molecule has 2 aliphatic heterocycles. The third-order valence-electron chi connectivity index (χ3n) is 4.93. The van der Waals surface area contributed by atoms with Gasteiger partial charge in [-0.2, -0.15) is 0 Å². The number of fused-ring (bicyclic) bond motifs is 1. The Morgan fingerprint density at radius 3 is 2.39 bits per heavy atom. The molecule has 0 aromatic heterocycles. The summed E-state index contributed by atoms with van der Waals surface area (Å²) in [7, 11) is 0. The third-order valence-corrected chi connectivity index (χ3v) is 4.93. The Balaban J connectivity index is 1.52. The van der Waals surface area contributed by atoms with Crippen LogP contribution in [0.3, 0.4) is 0 Å². The minimum Gasteiger partial charge on any atom is -0.373 e. The van der Waals surface area contributed by atoms with E-state index in [1.807, 2.05) is 0 Å². The van der Waals surface area contributed by atoms with Crippen molar-refractivity contribution in [3.63, 3.8) is 0 Å². The highest BCUT2D eigenvalue weighted by molar-refractivity contribution is 5.28. The van der Waals surface area contributed by atoms with E-state index in [0.29, 0.717) is 5.92 Å². The van der Waals surface area contributed by atoms with Gasteiger partial charge in [0.2, 0.25) is 0 Å². The fourth-order valence-electron chi connectivity index (χ4n) is 3.75. The summed E-state index contributed by atoms with van der Waals surface area (Å²) in [5.41, 5.74) is 4.06. The Morgan fingerprint density at radius 1 is 0.870 bits per heavy atom. The van der Waals surface area contributed by atoms with Crippen molar-refractivity contribution < 1.29 is 9.47 Å². The second-order valence-electron chi connectivity index (χ2n) is 6.34. The Kier molecular flexibility index (Phi) is 4.27. The number of hydrogen-bond donors (Lipinski definition) is 0. The molecule has 0 bridgehead atoms. The summed E-state index contributed by atoms with van der Waals surface area (Å²) < 4.78 is 12.2. The predicted molar refractivity (Wildman–Crippen MR) is 91.2 cm³/mol. The summed E-state index contributed by atoms with van der Waals surface area (Å²) in [6.07, 6.45) is 4.67. The summed E-state index contributed by atoms with van der Waals surface area (Å²) >= 11 is 0. The molecule has 0 spiro atoms. The van der Waals surface area contributed by atoms with Crippen molar-refractivity contribution in [3.05, 3.63) is 83.4 Å². The van der Waals surface area contributed by atoms with Gasteiger partial charge in [-0.3, -0.25) is 0 Å². The molecule has 0 aliphatic carbocycles. The minimum atomic E-state index is 0.128. The normalized spacial score (nSPS) is 26.6. The SMILES string of the molecule is C1=C2CO[C@H](c3ccccc3)[C@H]2[C@@H](CCc2ccccc2)OC1. The Morgan fingerprint density at radius 2 is 1.61 bits per heavy atom. The summed E-state index contributed by atoms with van der Waals surface area (Å²) in [5.74, 6) is 0.356. The smallest absolute Gasteiger partial charge is 0.0920 e. The van der Waals surface area contributed by atoms with Gasteiger partial charge in [0.05, 0.1) is 25.4 Å². The van der Waals surface area contributed by atoms with E-state index in [1.165, 1.54) is 16.7 Å². The standard InChI is InChI=1S/C21H22O2/c1-3-7-16(8-4-1)11-12-19-20-18(13-14-22-19)15-23-21(20)17-9-5-2-6-10-17/h1-10,13,19-21H,11-12,14-15H2/t19-,20-,21-/m1/s1. The maximum atomic E-state index is 6.12. The number of ether oxygens (including phenoxy) is 2. The van der Waals surface area contributed by atoms with Crippen LogP contribution in [0.1, 0.15) is 23.7 Å². The number of rotatable bonds is 4. The van der Waals surface area contributed by atoms with Crippen molar-refractivity contribution >= 4 is 0 Å². The molecule has 1 fully saturated rings. The largest absolute Gasteiger partial charge is 0.373 e. The molecule has 3 atom stereocenters. The van der Waals surface area contributed by atoms with Crippen molar-refractivity contribution in [2.24, 2.45) is 5.92 Å². The molecule has 2 aliphatic rings. The van der Waals surface area contributed by atoms with E-state index in [0.717, 1.165) is 26.1 Å². The monoisotopic (exact) mass is 306 g/mol. The van der Waals surface area contributed by atoms with Gasteiger partial charge in [0.15, 0.2) is 0 Å². The van der Waals surface area contributed by atoms with Crippen LogP contribution in [0.5, 0.6) is 0 Å². The van der Waals surface area contributed by atoms with Crippen LogP contribution >= 0.6 is 0 Å². The molecular weight excluding hydrogens is 284 g/mol. The van der Waals surface area contributed by atoms with Gasteiger partial charge in [-0.25, -0.2) is 0 Å². The van der Waals surface area contributed by atoms with E-state index in [4.69, 9.17) is 9.47 Å². The average molecular weight is 306 g/mol. The van der Waals surface area contributed by atoms with E-state index in [9.17, 15) is 0 Å². The highest BCUT2D eigenvalue weighted by atomic mass is 16.5. The van der Waals surface area contributed by atoms with Crippen LogP contribution in [-0.2, 0) is 15.9 Å². The summed E-state index contributed by atoms with van der Waals surface area (Å²) in [6.45, 7) is 1.46. The lowest BCUT2D eigenvalue weighted by atomic mass is 9.83. The van der Waals surface area contributed by atoms with Crippen molar-refractivity contribution in [2.45, 2.75) is 25.0 Å². The van der Waals surface area contributed by atoms with Crippen LogP contribution in [0.2, 0.25) is 0 Å². The van der Waals surface area contributed by atoms with Crippen LogP contribution in [0.15, 0.2) is 72.3 Å². The van der Waals surface area contributed by atoms with Gasteiger partial charge in [0, 0.05) is 5.92 Å². The molecule has 2 nitrogen and oxygen atoms in total. The molecule has 0 N–H and O–H groups in total. The van der Waals surface area contributed by atoms with Gasteiger partial charge in [-0.15, -0.1) is 0 Å². The zero-order valence-electron chi connectivity index (χ0n) is 13.2. The molecule has 4 rings (SSSR count). The molecule has 23 heavy (non-hydrogen) atoms. The Hall–Kier alpha value is -1.90. The Labute approximate surface area is 137 Å². The summed E-state index contributed by atoms with van der Waals surface area (Å²) in [5, 5.41) is 0. The fourth-order valence-corrected chi connectivity index (χ4v) is 3.75. The molecule has 1 saturated heterocycles. The van der Waals surface area contributed by atoms with Crippen molar-refractivity contribution in [2.75, 3.05) is 13.2 Å². The molecular formula is C21H22O2. The first-order valence-corrected chi connectivity index (χ1v) is 8.43. The first-order chi connectivity index (χ1) is 11.4. The van der Waals surface area contributed by atoms with Gasteiger partial charge >= 0.3 is 0 Å². The van der Waals surface area contributed by atoms with E-state index in [-0.39, 0.29) is 12.2 Å². The summed E-state index contributed by atoms with van der Waals surface area (Å²) in [6, 6.07) is 21.2. The highest BCUT2D eigenvalue weighted by Crippen LogP contribution is 2.43. The maximum absolute atomic E-state index is 6.12. The average Bonchev–Trinajstić information content (AvgIpc) is 3.06. The van der Waals surface area contributed by atoms with Crippen LogP contribution in [0, 0.1) is 5.92 Å². The molecule has 2 aromatic carbocycles. The Bertz CT molecular complexity index is 663. The molecule has 118 valence electrons. The van der Waals surface area contributed by atoms with Gasteiger partial charge in [0.25, 0.3) is 0 Å². The zero-order valence-corrected chi connectivity index (χ0v) is 13.2. The molecule has 2 heterocycles. The topological polar surface area (TPSA) is 18.5 Å². The number of benzene rings is 2. The van der Waals surface area contributed by atoms with Crippen molar-refractivity contribution in [3.8, 4) is 0 Å². The van der Waals surface area contributed by atoms with E-state index in [2.05, 4.69) is 66.7 Å². The zero-order chi connectivity index (χ0) is 15.5. The van der Waals surface area contributed by atoms with Gasteiger partial charge < -0.3 is 9.47 Å². The number of hydrogen-bond acceptors (Lipinski definition) is 2. The second kappa shape index (κ2) is 6.69. The van der Waals surface area contributed by atoms with E-state index >= 15 is 0 Å². The van der Waals surface area contributed by atoms with Crippen LogP contribution < -0.4 is 0 Å². The van der Waals surface area contributed by atoms with Crippen LogP contribution in [0.25, 0.3) is 0 Å². The van der Waals surface area contributed by atoms with Gasteiger partial charge in [-0.05, 0) is 29.5 Å². The lowest BCUT2D eigenvalue weighted by Crippen LogP contribution is -2.31. The number of aryl methyl sites for hydroxylation is 1. The van der Waals surface area contributed by atoms with Gasteiger partial charge in [-0.1, -0.05) is 66.7 Å². The molecule has 0 saturated carbocycles.